The third-order valence-corrected chi connectivity index (χ3v) is 7.09. The van der Waals surface area contributed by atoms with E-state index in [0.717, 1.165) is 4.90 Å². The van der Waals surface area contributed by atoms with Crippen molar-refractivity contribution in [1.82, 2.24) is 4.90 Å². The lowest BCUT2D eigenvalue weighted by Crippen LogP contribution is -2.42. The smallest absolute Gasteiger partial charge is 0.338 e. The van der Waals surface area contributed by atoms with Crippen LogP contribution >= 0.6 is 0 Å². The number of esters is 2. The van der Waals surface area contributed by atoms with Crippen LogP contribution in [0, 0.1) is 0 Å². The number of carbonyl (C=O) groups excluding carboxylic acids is 4. The monoisotopic (exact) mass is 590 g/mol. The molecule has 220 valence electrons. The maximum atomic E-state index is 13.8. The molecule has 4 aromatic rings. The van der Waals surface area contributed by atoms with Crippen molar-refractivity contribution < 1.29 is 38.1 Å². The quantitative estimate of drug-likeness (QED) is 0.288. The lowest BCUT2D eigenvalue weighted by molar-refractivity contribution is -0.0620. The Hall–Kier alpha value is -5.61. The molecule has 10 nitrogen and oxygen atoms in total. The molecule has 0 aromatic heterocycles. The second kappa shape index (κ2) is 12.7. The van der Waals surface area contributed by atoms with Gasteiger partial charge in [0.1, 0.15) is 12.7 Å². The molecule has 2 aliphatic rings. The molecular formula is C34H26N2O8. The fourth-order valence-corrected chi connectivity index (χ4v) is 4.92. The van der Waals surface area contributed by atoms with Gasteiger partial charge < -0.3 is 18.9 Å². The largest absolute Gasteiger partial charge is 0.459 e. The van der Waals surface area contributed by atoms with E-state index in [4.69, 9.17) is 18.9 Å². The molecule has 0 spiro atoms. The van der Waals surface area contributed by atoms with E-state index in [9.17, 15) is 19.2 Å². The van der Waals surface area contributed by atoms with Crippen molar-refractivity contribution >= 4 is 29.8 Å². The second-order valence-electron chi connectivity index (χ2n) is 9.95. The minimum Gasteiger partial charge on any atom is -0.459 e. The first-order valence-corrected chi connectivity index (χ1v) is 13.9. The highest BCUT2D eigenvalue weighted by Gasteiger charge is 2.59. The number of hydrogen-bond donors (Lipinski definition) is 0. The Morgan fingerprint density at radius 3 is 1.73 bits per heavy atom. The zero-order valence-corrected chi connectivity index (χ0v) is 23.2. The number of benzene rings is 4. The molecule has 0 unspecified atom stereocenters. The summed E-state index contributed by atoms with van der Waals surface area (Å²) in [5, 5.41) is 0. The molecule has 44 heavy (non-hydrogen) atoms. The number of amidine groups is 1. The van der Waals surface area contributed by atoms with Gasteiger partial charge in [0.15, 0.2) is 18.4 Å². The number of fused-ring (bicyclic) bond motifs is 1. The molecular weight excluding hydrogens is 564 g/mol. The van der Waals surface area contributed by atoms with E-state index in [1.165, 1.54) is 0 Å². The van der Waals surface area contributed by atoms with Crippen LogP contribution in [0.25, 0.3) is 0 Å². The Morgan fingerprint density at radius 1 is 0.659 bits per heavy atom. The average Bonchev–Trinajstić information content (AvgIpc) is 3.59. The molecule has 0 bridgehead atoms. The summed E-state index contributed by atoms with van der Waals surface area (Å²) in [5.41, 5.74) is 1.18. The van der Waals surface area contributed by atoms with Crippen molar-refractivity contribution in [3.05, 3.63) is 144 Å². The van der Waals surface area contributed by atoms with Gasteiger partial charge in [0.05, 0.1) is 11.1 Å². The summed E-state index contributed by atoms with van der Waals surface area (Å²) in [5.74, 6) is -2.46. The van der Waals surface area contributed by atoms with Crippen molar-refractivity contribution in [1.29, 1.82) is 0 Å². The van der Waals surface area contributed by atoms with Gasteiger partial charge in [0.2, 0.25) is 0 Å². The van der Waals surface area contributed by atoms with Gasteiger partial charge in [-0.25, -0.2) is 14.5 Å². The predicted molar refractivity (Wildman–Crippen MR) is 157 cm³/mol. The SMILES string of the molecule is O=C(N=C1O[C@H]2[C@H](OC(=O)c3ccccc3)[C@H](COC(=O)c3ccccc3)O[C@H]2N1C(=O)c1ccccc1)c1ccccc1. The highest BCUT2D eigenvalue weighted by Crippen LogP contribution is 2.36. The van der Waals surface area contributed by atoms with E-state index in [-0.39, 0.29) is 29.3 Å². The molecule has 2 saturated heterocycles. The van der Waals surface area contributed by atoms with Crippen molar-refractivity contribution in [2.75, 3.05) is 6.61 Å². The summed E-state index contributed by atoms with van der Waals surface area (Å²) in [6, 6.07) is 33.1. The standard InChI is InChI=1S/C34H26N2O8/c37-29(22-13-5-1-6-14-22)35-34-36(30(38)23-15-7-2-8-16-23)31-28(44-34)27(43-33(40)25-19-11-4-12-20-25)26(42-31)21-41-32(39)24-17-9-3-10-18-24/h1-20,26-28,31H,21H2/t26-,27+,28-,31+/m0/s1. The van der Waals surface area contributed by atoms with Crippen LogP contribution in [-0.2, 0) is 18.9 Å². The van der Waals surface area contributed by atoms with Crippen LogP contribution in [0.15, 0.2) is 126 Å². The number of hydrogen-bond acceptors (Lipinski definition) is 8. The summed E-state index contributed by atoms with van der Waals surface area (Å²) in [4.78, 5) is 58.0. The Morgan fingerprint density at radius 2 is 1.16 bits per heavy atom. The highest BCUT2D eigenvalue weighted by molar-refractivity contribution is 6.09. The second-order valence-corrected chi connectivity index (χ2v) is 9.95. The zero-order chi connectivity index (χ0) is 30.5. The molecule has 2 aliphatic heterocycles. The van der Waals surface area contributed by atoms with Crippen LogP contribution in [-0.4, -0.2) is 65.8 Å². The lowest BCUT2D eigenvalue weighted by atomic mass is 10.1. The Bertz CT molecular complexity index is 1680. The molecule has 0 saturated carbocycles. The van der Waals surface area contributed by atoms with E-state index in [2.05, 4.69) is 4.99 Å². The number of carbonyl (C=O) groups is 4. The normalized spacial score (nSPS) is 21.3. The highest BCUT2D eigenvalue weighted by atomic mass is 16.7. The summed E-state index contributed by atoms with van der Waals surface area (Å²) >= 11 is 0. The lowest BCUT2D eigenvalue weighted by Gasteiger charge is -2.23. The molecule has 2 fully saturated rings. The summed E-state index contributed by atoms with van der Waals surface area (Å²) in [7, 11) is 0. The number of amides is 2. The van der Waals surface area contributed by atoms with E-state index in [1.807, 2.05) is 0 Å². The van der Waals surface area contributed by atoms with Gasteiger partial charge in [-0.05, 0) is 48.5 Å². The number of aliphatic imine (C=N–C) groups is 1. The minimum atomic E-state index is -1.15. The van der Waals surface area contributed by atoms with Gasteiger partial charge >= 0.3 is 18.0 Å². The first kappa shape index (κ1) is 28.5. The van der Waals surface area contributed by atoms with Gasteiger partial charge in [-0.1, -0.05) is 72.8 Å². The maximum absolute atomic E-state index is 13.8. The predicted octanol–water partition coefficient (Wildman–Crippen LogP) is 4.53. The Balaban J connectivity index is 1.32. The Labute approximate surface area is 252 Å². The molecule has 10 heteroatoms. The van der Waals surface area contributed by atoms with Gasteiger partial charge in [-0.15, -0.1) is 0 Å². The first-order chi connectivity index (χ1) is 21.5. The molecule has 0 radical (unpaired) electrons. The number of nitrogens with zero attached hydrogens (tertiary/aromatic N) is 2. The van der Waals surface area contributed by atoms with Crippen LogP contribution in [0.5, 0.6) is 0 Å². The number of rotatable bonds is 7. The van der Waals surface area contributed by atoms with Gasteiger partial charge in [0.25, 0.3) is 11.8 Å². The van der Waals surface area contributed by atoms with Gasteiger partial charge in [-0.3, -0.25) is 9.59 Å². The molecule has 0 N–H and O–H groups in total. The average molecular weight is 591 g/mol. The Kier molecular flexibility index (Phi) is 8.24. The van der Waals surface area contributed by atoms with Crippen LogP contribution in [0.3, 0.4) is 0 Å². The van der Waals surface area contributed by atoms with Gasteiger partial charge in [-0.2, -0.15) is 4.99 Å². The zero-order valence-electron chi connectivity index (χ0n) is 23.2. The fourth-order valence-electron chi connectivity index (χ4n) is 4.92. The van der Waals surface area contributed by atoms with Crippen molar-refractivity contribution in [3.63, 3.8) is 0 Å². The molecule has 4 aromatic carbocycles. The molecule has 6 rings (SSSR count). The summed E-state index contributed by atoms with van der Waals surface area (Å²) in [6.45, 7) is -0.306. The van der Waals surface area contributed by atoms with E-state index >= 15 is 0 Å². The van der Waals surface area contributed by atoms with E-state index in [0.29, 0.717) is 5.56 Å². The minimum absolute atomic E-state index is 0.277. The molecule has 4 atom stereocenters. The van der Waals surface area contributed by atoms with Crippen molar-refractivity contribution in [3.8, 4) is 0 Å². The fraction of sp³-hybridized carbons (Fsp3) is 0.147. The van der Waals surface area contributed by atoms with Gasteiger partial charge in [0, 0.05) is 11.1 Å². The molecule has 2 heterocycles. The van der Waals surface area contributed by atoms with Crippen LogP contribution < -0.4 is 0 Å². The van der Waals surface area contributed by atoms with Crippen LogP contribution in [0.2, 0.25) is 0 Å². The summed E-state index contributed by atoms with van der Waals surface area (Å²) in [6.07, 6.45) is -4.39. The first-order valence-electron chi connectivity index (χ1n) is 13.9. The van der Waals surface area contributed by atoms with Crippen LogP contribution in [0.4, 0.5) is 0 Å². The van der Waals surface area contributed by atoms with Crippen LogP contribution in [0.1, 0.15) is 41.4 Å². The summed E-state index contributed by atoms with van der Waals surface area (Å²) < 4.78 is 23.7. The topological polar surface area (TPSA) is 121 Å². The van der Waals surface area contributed by atoms with Crippen molar-refractivity contribution in [2.24, 2.45) is 4.99 Å². The van der Waals surface area contributed by atoms with E-state index in [1.54, 1.807) is 121 Å². The van der Waals surface area contributed by atoms with Crippen molar-refractivity contribution in [2.45, 2.75) is 24.5 Å². The maximum Gasteiger partial charge on any atom is 0.338 e. The third-order valence-electron chi connectivity index (χ3n) is 7.09. The number of ether oxygens (including phenoxy) is 4. The molecule has 2 amide bonds. The van der Waals surface area contributed by atoms with E-state index < -0.39 is 48.3 Å². The molecule has 0 aliphatic carbocycles. The third kappa shape index (κ3) is 5.97.